The van der Waals surface area contributed by atoms with Crippen molar-refractivity contribution >= 4 is 45.0 Å². The van der Waals surface area contributed by atoms with E-state index in [0.29, 0.717) is 0 Å². The van der Waals surface area contributed by atoms with Gasteiger partial charge in [-0.3, -0.25) is 9.89 Å². The number of guanidine groups is 1. The number of thiophene rings is 1. The summed E-state index contributed by atoms with van der Waals surface area (Å²) < 4.78 is 1.22. The van der Waals surface area contributed by atoms with Gasteiger partial charge < -0.3 is 10.2 Å². The number of thioether (sulfide) groups is 1. The molecule has 1 aliphatic rings. The fraction of sp³-hybridized carbons (Fsp3) is 0.688. The van der Waals surface area contributed by atoms with Gasteiger partial charge in [0.05, 0.1) is 3.79 Å². The molecule has 23 heavy (non-hydrogen) atoms. The van der Waals surface area contributed by atoms with E-state index in [-0.39, 0.29) is 0 Å². The van der Waals surface area contributed by atoms with Gasteiger partial charge in [0, 0.05) is 51.2 Å². The molecule has 130 valence electrons. The summed E-state index contributed by atoms with van der Waals surface area (Å²) >= 11 is 7.30. The topological polar surface area (TPSA) is 30.9 Å². The van der Waals surface area contributed by atoms with E-state index < -0.39 is 0 Å². The third-order valence-electron chi connectivity index (χ3n) is 3.95. The van der Waals surface area contributed by atoms with Gasteiger partial charge in [-0.2, -0.15) is 11.8 Å². The molecule has 0 bridgehead atoms. The van der Waals surface area contributed by atoms with Crippen LogP contribution in [0.25, 0.3) is 0 Å². The summed E-state index contributed by atoms with van der Waals surface area (Å²) in [4.78, 5) is 10.8. The van der Waals surface area contributed by atoms with Crippen LogP contribution in [0, 0.1) is 0 Å². The Morgan fingerprint density at radius 1 is 1.30 bits per heavy atom. The van der Waals surface area contributed by atoms with Gasteiger partial charge in [0.25, 0.3) is 0 Å². The predicted molar refractivity (Wildman–Crippen MR) is 108 cm³/mol. The van der Waals surface area contributed by atoms with Crippen molar-refractivity contribution in [3.8, 4) is 0 Å². The number of piperazine rings is 1. The molecule has 0 spiro atoms. The van der Waals surface area contributed by atoms with Crippen LogP contribution < -0.4 is 5.32 Å². The van der Waals surface area contributed by atoms with Crippen molar-refractivity contribution < 1.29 is 0 Å². The Balaban J connectivity index is 1.69. The molecule has 2 rings (SSSR count). The number of nitrogens with one attached hydrogen (secondary N) is 1. The van der Waals surface area contributed by atoms with Crippen LogP contribution in [-0.4, -0.2) is 67.5 Å². The third-order valence-corrected chi connectivity index (χ3v) is 6.26. The second kappa shape index (κ2) is 10.6. The van der Waals surface area contributed by atoms with Crippen molar-refractivity contribution in [2.45, 2.75) is 19.4 Å². The normalized spacial score (nSPS) is 16.8. The van der Waals surface area contributed by atoms with Gasteiger partial charge in [0.15, 0.2) is 5.96 Å². The lowest BCUT2D eigenvalue weighted by Gasteiger charge is -2.36. The quantitative estimate of drug-likeness (QED) is 0.417. The highest BCUT2D eigenvalue weighted by molar-refractivity contribution is 9.11. The number of nitrogens with zero attached hydrogens (tertiary/aromatic N) is 3. The van der Waals surface area contributed by atoms with E-state index in [1.54, 1.807) is 0 Å². The average molecular weight is 419 g/mol. The van der Waals surface area contributed by atoms with E-state index in [1.165, 1.54) is 27.3 Å². The third kappa shape index (κ3) is 6.64. The predicted octanol–water partition coefficient (Wildman–Crippen LogP) is 3.35. The summed E-state index contributed by atoms with van der Waals surface area (Å²) in [6.07, 6.45) is 4.66. The molecule has 0 radical (unpaired) electrons. The standard InChI is InChI=1S/C16H27BrN4S2/c1-18-16(19-7-3-4-12-22-2)21-10-8-20(9-11-21)13-14-5-6-15(17)23-14/h5-6H,3-4,7-13H2,1-2H3,(H,18,19). The van der Waals surface area contributed by atoms with Gasteiger partial charge in [-0.1, -0.05) is 0 Å². The zero-order valence-corrected chi connectivity index (χ0v) is 17.3. The molecule has 1 fully saturated rings. The minimum atomic E-state index is 1.02. The summed E-state index contributed by atoms with van der Waals surface area (Å²) in [5, 5.41) is 3.51. The molecule has 0 amide bonds. The maximum atomic E-state index is 4.45. The maximum Gasteiger partial charge on any atom is 0.193 e. The Hall–Kier alpha value is -0.240. The summed E-state index contributed by atoms with van der Waals surface area (Å²) in [5.41, 5.74) is 0. The molecule has 0 saturated carbocycles. The number of hydrogen-bond acceptors (Lipinski definition) is 4. The van der Waals surface area contributed by atoms with Crippen LogP contribution in [0.1, 0.15) is 17.7 Å². The zero-order valence-electron chi connectivity index (χ0n) is 14.1. The fourth-order valence-electron chi connectivity index (χ4n) is 2.68. The van der Waals surface area contributed by atoms with Crippen LogP contribution in [0.5, 0.6) is 0 Å². The largest absolute Gasteiger partial charge is 0.356 e. The van der Waals surface area contributed by atoms with Gasteiger partial charge in [-0.05, 0) is 52.9 Å². The lowest BCUT2D eigenvalue weighted by molar-refractivity contribution is 0.174. The molecule has 1 aromatic rings. The summed E-state index contributed by atoms with van der Waals surface area (Å²) in [6.45, 7) is 6.39. The van der Waals surface area contributed by atoms with Crippen molar-refractivity contribution in [3.63, 3.8) is 0 Å². The van der Waals surface area contributed by atoms with Crippen molar-refractivity contribution in [2.24, 2.45) is 4.99 Å². The average Bonchev–Trinajstić information content (AvgIpc) is 2.97. The number of rotatable bonds is 7. The highest BCUT2D eigenvalue weighted by Gasteiger charge is 2.19. The molecule has 1 saturated heterocycles. The van der Waals surface area contributed by atoms with E-state index in [2.05, 4.69) is 54.4 Å². The Kier molecular flexibility index (Phi) is 8.79. The Bertz CT molecular complexity index is 484. The van der Waals surface area contributed by atoms with Crippen LogP contribution in [0.4, 0.5) is 0 Å². The second-order valence-corrected chi connectivity index (χ2v) is 9.18. The number of unbranched alkanes of at least 4 members (excludes halogenated alkanes) is 1. The Labute approximate surface area is 156 Å². The molecular formula is C16H27BrN4S2. The van der Waals surface area contributed by atoms with Gasteiger partial charge in [0.2, 0.25) is 0 Å². The lowest BCUT2D eigenvalue weighted by Crippen LogP contribution is -2.52. The van der Waals surface area contributed by atoms with Crippen molar-refractivity contribution in [1.82, 2.24) is 15.1 Å². The summed E-state index contributed by atoms with van der Waals surface area (Å²) in [6, 6.07) is 4.36. The molecule has 4 nitrogen and oxygen atoms in total. The van der Waals surface area contributed by atoms with Crippen molar-refractivity contribution in [3.05, 3.63) is 20.8 Å². The van der Waals surface area contributed by atoms with Gasteiger partial charge >= 0.3 is 0 Å². The van der Waals surface area contributed by atoms with Crippen LogP contribution in [0.3, 0.4) is 0 Å². The first-order valence-corrected chi connectivity index (χ1v) is 11.1. The van der Waals surface area contributed by atoms with E-state index in [9.17, 15) is 0 Å². The second-order valence-electron chi connectivity index (χ2n) is 5.64. The SMILES string of the molecule is CN=C(NCCCCSC)N1CCN(Cc2ccc(Br)s2)CC1. The molecule has 1 N–H and O–H groups in total. The molecule has 0 aliphatic carbocycles. The fourth-order valence-corrected chi connectivity index (χ4v) is 4.70. The maximum absolute atomic E-state index is 4.45. The highest BCUT2D eigenvalue weighted by Crippen LogP contribution is 2.23. The number of hydrogen-bond donors (Lipinski definition) is 1. The summed E-state index contributed by atoms with van der Waals surface area (Å²) in [5.74, 6) is 2.31. The molecule has 0 unspecified atom stereocenters. The molecule has 7 heteroatoms. The summed E-state index contributed by atoms with van der Waals surface area (Å²) in [7, 11) is 1.89. The lowest BCUT2D eigenvalue weighted by atomic mass is 10.3. The van der Waals surface area contributed by atoms with E-state index in [0.717, 1.165) is 45.2 Å². The first-order chi connectivity index (χ1) is 11.2. The minimum absolute atomic E-state index is 1.02. The number of halogens is 1. The van der Waals surface area contributed by atoms with Gasteiger partial charge in [-0.15, -0.1) is 11.3 Å². The van der Waals surface area contributed by atoms with E-state index >= 15 is 0 Å². The number of aliphatic imine (C=N–C) groups is 1. The molecular weight excluding hydrogens is 392 g/mol. The van der Waals surface area contributed by atoms with E-state index in [4.69, 9.17) is 0 Å². The van der Waals surface area contributed by atoms with Crippen molar-refractivity contribution in [2.75, 3.05) is 51.8 Å². The minimum Gasteiger partial charge on any atom is -0.356 e. The zero-order chi connectivity index (χ0) is 16.5. The molecule has 2 heterocycles. The Morgan fingerprint density at radius 3 is 2.70 bits per heavy atom. The Morgan fingerprint density at radius 2 is 2.09 bits per heavy atom. The van der Waals surface area contributed by atoms with E-state index in [1.807, 2.05) is 30.1 Å². The molecule has 1 aliphatic heterocycles. The monoisotopic (exact) mass is 418 g/mol. The van der Waals surface area contributed by atoms with Crippen LogP contribution in [0.15, 0.2) is 20.9 Å². The van der Waals surface area contributed by atoms with Crippen molar-refractivity contribution in [1.29, 1.82) is 0 Å². The van der Waals surface area contributed by atoms with Crippen LogP contribution >= 0.6 is 39.0 Å². The van der Waals surface area contributed by atoms with Crippen LogP contribution in [-0.2, 0) is 6.54 Å². The van der Waals surface area contributed by atoms with Crippen LogP contribution in [0.2, 0.25) is 0 Å². The molecule has 0 aromatic carbocycles. The first kappa shape index (κ1) is 19.1. The molecule has 1 aromatic heterocycles. The van der Waals surface area contributed by atoms with Gasteiger partial charge in [0.1, 0.15) is 0 Å². The first-order valence-electron chi connectivity index (χ1n) is 8.14. The smallest absolute Gasteiger partial charge is 0.193 e. The van der Waals surface area contributed by atoms with Gasteiger partial charge in [-0.25, -0.2) is 0 Å². The highest BCUT2D eigenvalue weighted by atomic mass is 79.9. The molecule has 0 atom stereocenters.